The molecule has 0 bridgehead atoms. The molecular weight excluding hydrogens is 350 g/mol. The zero-order valence-corrected chi connectivity index (χ0v) is 15.5. The second kappa shape index (κ2) is 7.90. The third-order valence-corrected chi connectivity index (χ3v) is 5.54. The van der Waals surface area contributed by atoms with Gasteiger partial charge in [-0.2, -0.15) is 4.57 Å². The highest BCUT2D eigenvalue weighted by Gasteiger charge is 2.30. The van der Waals surface area contributed by atoms with E-state index in [1.165, 1.54) is 17.5 Å². The van der Waals surface area contributed by atoms with E-state index in [9.17, 15) is 15.0 Å². The molecular formula is C19H22N3O3S+. The molecule has 3 aromatic rings. The Bertz CT molecular complexity index is 999. The van der Waals surface area contributed by atoms with Crippen LogP contribution in [0.15, 0.2) is 41.3 Å². The first-order valence-electron chi connectivity index (χ1n) is 8.80. The second-order valence-electron chi connectivity index (χ2n) is 6.01. The van der Waals surface area contributed by atoms with Gasteiger partial charge in [-0.05, 0) is 12.5 Å². The Balaban J connectivity index is 2.13. The largest absolute Gasteiger partial charge is 0.396 e. The summed E-state index contributed by atoms with van der Waals surface area (Å²) in [6, 6.07) is 8.74. The average Bonchev–Trinajstić information content (AvgIpc) is 2.95. The Kier molecular flexibility index (Phi) is 5.19. The molecule has 0 saturated carbocycles. The smallest absolute Gasteiger partial charge is 0.271 e. The summed E-state index contributed by atoms with van der Waals surface area (Å²) < 4.78 is 10.4. The molecule has 1 aromatic carbocycles. The van der Waals surface area contributed by atoms with E-state index in [2.05, 4.69) is 9.97 Å². The molecule has 0 fully saturated rings. The van der Waals surface area contributed by atoms with Gasteiger partial charge in [0.05, 0.1) is 6.25 Å². The summed E-state index contributed by atoms with van der Waals surface area (Å²) in [5.41, 5.74) is 1.44. The maximum absolute atomic E-state index is 12.3. The van der Waals surface area contributed by atoms with Crippen molar-refractivity contribution >= 4 is 11.3 Å². The SMILES string of the molecule is [2H]C(O)(c1ccccc1)c1sc(CCO)c(C)[n+]1Cc1cnc(C)[nH]c1=O. The lowest BCUT2D eigenvalue weighted by Gasteiger charge is -2.07. The van der Waals surface area contributed by atoms with E-state index in [4.69, 9.17) is 1.37 Å². The first kappa shape index (κ1) is 17.1. The number of nitrogens with zero attached hydrogens (tertiary/aromatic N) is 2. The highest BCUT2D eigenvalue weighted by molar-refractivity contribution is 7.11. The van der Waals surface area contributed by atoms with Gasteiger partial charge >= 0.3 is 0 Å². The standard InChI is InChI=1S/C19H21N3O3S/c1-12-16(8-9-23)26-19(17(24)14-6-4-3-5-7-14)22(12)11-15-10-20-13(2)21-18(15)25/h3-7,10,17,23-24H,8-9,11H2,1-2H3/p+1/i17D. The van der Waals surface area contributed by atoms with Crippen LogP contribution in [0.1, 0.15) is 40.0 Å². The normalized spacial score (nSPS) is 14.1. The molecule has 0 aliphatic heterocycles. The number of benzene rings is 1. The second-order valence-corrected chi connectivity index (χ2v) is 7.10. The fourth-order valence-electron chi connectivity index (χ4n) is 2.76. The highest BCUT2D eigenvalue weighted by Crippen LogP contribution is 2.27. The number of nitrogens with one attached hydrogen (secondary N) is 1. The Hall–Kier alpha value is -2.35. The van der Waals surface area contributed by atoms with E-state index in [1.807, 2.05) is 13.0 Å². The van der Waals surface area contributed by atoms with Crippen molar-refractivity contribution in [3.8, 4) is 0 Å². The van der Waals surface area contributed by atoms with Gasteiger partial charge in [0.25, 0.3) is 10.6 Å². The lowest BCUT2D eigenvalue weighted by Crippen LogP contribution is -2.42. The Morgan fingerprint density at radius 3 is 2.73 bits per heavy atom. The predicted octanol–water partition coefficient (Wildman–Crippen LogP) is 1.40. The molecule has 2 aromatic heterocycles. The van der Waals surface area contributed by atoms with Crippen molar-refractivity contribution in [2.24, 2.45) is 0 Å². The summed E-state index contributed by atoms with van der Waals surface area (Å²) in [6.45, 7) is 3.72. The summed E-state index contributed by atoms with van der Waals surface area (Å²) in [7, 11) is 0. The monoisotopic (exact) mass is 373 g/mol. The molecule has 0 spiro atoms. The number of aromatic nitrogens is 3. The van der Waals surface area contributed by atoms with Crippen LogP contribution in [0.2, 0.25) is 0 Å². The first-order valence-corrected chi connectivity index (χ1v) is 9.12. The van der Waals surface area contributed by atoms with E-state index < -0.39 is 6.08 Å². The van der Waals surface area contributed by atoms with Crippen LogP contribution < -0.4 is 10.1 Å². The van der Waals surface area contributed by atoms with Crippen LogP contribution in [0.5, 0.6) is 0 Å². The topological polar surface area (TPSA) is 90.1 Å². The van der Waals surface area contributed by atoms with Gasteiger partial charge < -0.3 is 15.2 Å². The van der Waals surface area contributed by atoms with E-state index in [0.29, 0.717) is 28.4 Å². The third kappa shape index (κ3) is 3.75. The third-order valence-electron chi connectivity index (χ3n) is 4.19. The molecule has 6 nitrogen and oxygen atoms in total. The van der Waals surface area contributed by atoms with Crippen molar-refractivity contribution < 1.29 is 16.2 Å². The molecule has 0 aliphatic carbocycles. The van der Waals surface area contributed by atoms with Gasteiger partial charge in [0.1, 0.15) is 11.4 Å². The predicted molar refractivity (Wildman–Crippen MR) is 99.2 cm³/mol. The van der Waals surface area contributed by atoms with E-state index >= 15 is 0 Å². The van der Waals surface area contributed by atoms with Crippen molar-refractivity contribution in [3.05, 3.63) is 79.4 Å². The van der Waals surface area contributed by atoms with Gasteiger partial charge in [-0.3, -0.25) is 4.79 Å². The number of aromatic amines is 1. The molecule has 26 heavy (non-hydrogen) atoms. The molecule has 3 N–H and O–H groups in total. The number of thiazole rings is 1. The van der Waals surface area contributed by atoms with Gasteiger partial charge in [-0.15, -0.1) is 0 Å². The van der Waals surface area contributed by atoms with Crippen molar-refractivity contribution in [3.63, 3.8) is 0 Å². The molecule has 1 atom stereocenters. The summed E-state index contributed by atoms with van der Waals surface area (Å²) in [5, 5.41) is 20.8. The summed E-state index contributed by atoms with van der Waals surface area (Å²) in [6.07, 6.45) is -0.0432. The zero-order chi connectivity index (χ0) is 19.6. The molecule has 3 rings (SSSR count). The fourth-order valence-corrected chi connectivity index (χ4v) is 3.97. The van der Waals surface area contributed by atoms with Crippen LogP contribution in [-0.2, 0) is 13.0 Å². The molecule has 0 radical (unpaired) electrons. The number of aryl methyl sites for hydroxylation is 1. The van der Waals surface area contributed by atoms with Crippen LogP contribution in [-0.4, -0.2) is 26.8 Å². The number of H-pyrrole nitrogens is 1. The quantitative estimate of drug-likeness (QED) is 0.570. The van der Waals surface area contributed by atoms with E-state index in [1.54, 1.807) is 35.8 Å². The summed E-state index contributed by atoms with van der Waals surface area (Å²) in [4.78, 5) is 19.9. The summed E-state index contributed by atoms with van der Waals surface area (Å²) in [5.74, 6) is 0.526. The van der Waals surface area contributed by atoms with Crippen LogP contribution in [0.4, 0.5) is 0 Å². The lowest BCUT2D eigenvalue weighted by atomic mass is 10.1. The van der Waals surface area contributed by atoms with Crippen molar-refractivity contribution in [1.29, 1.82) is 0 Å². The van der Waals surface area contributed by atoms with Gasteiger partial charge in [-0.1, -0.05) is 41.7 Å². The molecule has 0 amide bonds. The zero-order valence-electron chi connectivity index (χ0n) is 15.7. The van der Waals surface area contributed by atoms with Crippen molar-refractivity contribution in [2.75, 3.05) is 6.61 Å². The molecule has 0 aliphatic rings. The molecule has 1 unspecified atom stereocenters. The van der Waals surface area contributed by atoms with Crippen LogP contribution in [0.3, 0.4) is 0 Å². The minimum absolute atomic E-state index is 0.0325. The Morgan fingerprint density at radius 2 is 2.08 bits per heavy atom. The number of hydrogen-bond donors (Lipinski definition) is 3. The molecule has 7 heteroatoms. The number of hydrogen-bond acceptors (Lipinski definition) is 5. The van der Waals surface area contributed by atoms with Gasteiger partial charge in [0.15, 0.2) is 18.3 Å². The summed E-state index contributed by atoms with van der Waals surface area (Å²) >= 11 is 1.27. The minimum atomic E-state index is -1.98. The fraction of sp³-hybridized carbons (Fsp3) is 0.316. The highest BCUT2D eigenvalue weighted by atomic mass is 32.1. The van der Waals surface area contributed by atoms with Gasteiger partial charge in [-0.25, -0.2) is 4.98 Å². The first-order chi connectivity index (χ1) is 12.8. The van der Waals surface area contributed by atoms with Crippen LogP contribution >= 0.6 is 11.3 Å². The van der Waals surface area contributed by atoms with Crippen molar-refractivity contribution in [1.82, 2.24) is 9.97 Å². The van der Waals surface area contributed by atoms with Crippen LogP contribution in [0, 0.1) is 13.8 Å². The maximum Gasteiger partial charge on any atom is 0.271 e. The maximum atomic E-state index is 12.3. The number of rotatable bonds is 6. The Labute approximate surface area is 156 Å². The molecule has 136 valence electrons. The Morgan fingerprint density at radius 1 is 1.35 bits per heavy atom. The molecule has 2 heterocycles. The van der Waals surface area contributed by atoms with E-state index in [0.717, 1.165) is 10.6 Å². The van der Waals surface area contributed by atoms with Gasteiger partial charge in [0.2, 0.25) is 0 Å². The number of aliphatic hydroxyl groups is 2. The number of aliphatic hydroxyl groups excluding tert-OH is 1. The van der Waals surface area contributed by atoms with Gasteiger partial charge in [0, 0.05) is 26.1 Å². The van der Waals surface area contributed by atoms with E-state index in [-0.39, 0.29) is 18.7 Å². The average molecular weight is 373 g/mol. The van der Waals surface area contributed by atoms with Crippen LogP contribution in [0.25, 0.3) is 0 Å². The lowest BCUT2D eigenvalue weighted by molar-refractivity contribution is -0.699. The molecule has 0 saturated heterocycles. The minimum Gasteiger partial charge on any atom is -0.396 e. The van der Waals surface area contributed by atoms with Crippen molar-refractivity contribution in [2.45, 2.75) is 32.9 Å².